The molecule has 0 saturated heterocycles. The molecule has 0 bridgehead atoms. The van der Waals surface area contributed by atoms with Crippen LogP contribution < -0.4 is 0 Å². The second-order valence-electron chi connectivity index (χ2n) is 3.48. The number of nitriles is 1. The van der Waals surface area contributed by atoms with Crippen LogP contribution in [0.3, 0.4) is 0 Å². The molecule has 2 aromatic heterocycles. The largest absolute Gasteiger partial charge is 0.252 e. The first kappa shape index (κ1) is 10.3. The van der Waals surface area contributed by atoms with E-state index in [0.717, 1.165) is 0 Å². The molecule has 0 N–H and O–H groups in total. The third kappa shape index (κ3) is 1.56. The summed E-state index contributed by atoms with van der Waals surface area (Å²) >= 11 is 0. The predicted octanol–water partition coefficient (Wildman–Crippen LogP) is 1.22. The lowest BCUT2D eigenvalue weighted by Gasteiger charge is -2.03. The minimum Gasteiger partial charge on any atom is -0.236 e. The van der Waals surface area contributed by atoms with Crippen molar-refractivity contribution in [3.63, 3.8) is 0 Å². The van der Waals surface area contributed by atoms with Gasteiger partial charge in [-0.2, -0.15) is 5.26 Å². The number of hydrogen-bond donors (Lipinski definition) is 0. The Hall–Kier alpha value is -2.88. The fourth-order valence-corrected chi connectivity index (χ4v) is 1.61. The molecule has 86 valence electrons. The van der Waals surface area contributed by atoms with E-state index in [1.54, 1.807) is 6.07 Å². The minimum absolute atomic E-state index is 0.0261. The standard InChI is InChI=1S/C11H5FN6/c12-7-1-2-9-8(3-7)11(15-5-14-9)18-6-16-10(4-13)17-18/h1-3,5-6H. The van der Waals surface area contributed by atoms with Crippen LogP contribution in [0.5, 0.6) is 0 Å². The molecule has 0 amide bonds. The SMILES string of the molecule is N#Cc1ncn(-c2ncnc3ccc(F)cc23)n1. The maximum atomic E-state index is 13.3. The van der Waals surface area contributed by atoms with Gasteiger partial charge in [0.15, 0.2) is 5.82 Å². The maximum absolute atomic E-state index is 13.3. The van der Waals surface area contributed by atoms with Crippen molar-refractivity contribution in [1.29, 1.82) is 5.26 Å². The van der Waals surface area contributed by atoms with E-state index in [0.29, 0.717) is 16.7 Å². The average Bonchev–Trinajstić information content (AvgIpc) is 2.86. The lowest BCUT2D eigenvalue weighted by atomic mass is 10.2. The van der Waals surface area contributed by atoms with Crippen molar-refractivity contribution in [1.82, 2.24) is 24.7 Å². The highest BCUT2D eigenvalue weighted by Gasteiger charge is 2.09. The zero-order valence-electron chi connectivity index (χ0n) is 8.95. The molecule has 0 aliphatic rings. The Bertz CT molecular complexity index is 773. The molecule has 7 heteroatoms. The van der Waals surface area contributed by atoms with Crippen molar-refractivity contribution in [3.8, 4) is 11.9 Å². The summed E-state index contributed by atoms with van der Waals surface area (Å²) in [6.45, 7) is 0. The van der Waals surface area contributed by atoms with Gasteiger partial charge < -0.3 is 0 Å². The zero-order chi connectivity index (χ0) is 12.5. The lowest BCUT2D eigenvalue weighted by Crippen LogP contribution is -2.00. The molecule has 0 aliphatic heterocycles. The number of halogens is 1. The van der Waals surface area contributed by atoms with E-state index < -0.39 is 0 Å². The van der Waals surface area contributed by atoms with Crippen LogP contribution in [0.15, 0.2) is 30.9 Å². The van der Waals surface area contributed by atoms with E-state index in [1.807, 2.05) is 6.07 Å². The molecule has 0 spiro atoms. The van der Waals surface area contributed by atoms with Crippen molar-refractivity contribution < 1.29 is 4.39 Å². The van der Waals surface area contributed by atoms with Crippen LogP contribution in [-0.4, -0.2) is 24.7 Å². The summed E-state index contributed by atoms with van der Waals surface area (Å²) in [5, 5.41) is 13.1. The van der Waals surface area contributed by atoms with Crippen LogP contribution in [0.4, 0.5) is 4.39 Å². The quantitative estimate of drug-likeness (QED) is 0.638. The Morgan fingerprint density at radius 2 is 2.11 bits per heavy atom. The Morgan fingerprint density at radius 3 is 2.89 bits per heavy atom. The van der Waals surface area contributed by atoms with E-state index in [9.17, 15) is 4.39 Å². The topological polar surface area (TPSA) is 80.3 Å². The van der Waals surface area contributed by atoms with E-state index in [4.69, 9.17) is 5.26 Å². The smallest absolute Gasteiger partial charge is 0.236 e. The Labute approximate surface area is 100 Å². The molecule has 0 atom stereocenters. The summed E-state index contributed by atoms with van der Waals surface area (Å²) in [6.07, 6.45) is 2.70. The van der Waals surface area contributed by atoms with Crippen molar-refractivity contribution >= 4 is 10.9 Å². The summed E-state index contributed by atoms with van der Waals surface area (Å²) in [5.41, 5.74) is 0.593. The van der Waals surface area contributed by atoms with Gasteiger partial charge in [-0.15, -0.1) is 5.10 Å². The number of aromatic nitrogens is 5. The average molecular weight is 240 g/mol. The Balaban J connectivity index is 2.28. The van der Waals surface area contributed by atoms with Crippen molar-refractivity contribution in [3.05, 3.63) is 42.5 Å². The molecular weight excluding hydrogens is 235 g/mol. The Morgan fingerprint density at radius 1 is 1.22 bits per heavy atom. The first-order chi connectivity index (χ1) is 8.78. The van der Waals surface area contributed by atoms with Crippen LogP contribution in [0.2, 0.25) is 0 Å². The molecule has 0 fully saturated rings. The van der Waals surface area contributed by atoms with Gasteiger partial charge in [-0.1, -0.05) is 0 Å². The molecule has 3 aromatic rings. The highest BCUT2D eigenvalue weighted by molar-refractivity contribution is 5.84. The Kier molecular flexibility index (Phi) is 2.20. The van der Waals surface area contributed by atoms with E-state index in [2.05, 4.69) is 20.1 Å². The predicted molar refractivity (Wildman–Crippen MR) is 59.1 cm³/mol. The molecule has 18 heavy (non-hydrogen) atoms. The minimum atomic E-state index is -0.390. The number of fused-ring (bicyclic) bond motifs is 1. The van der Waals surface area contributed by atoms with Gasteiger partial charge in [0.2, 0.25) is 0 Å². The summed E-state index contributed by atoms with van der Waals surface area (Å²) in [7, 11) is 0. The van der Waals surface area contributed by atoms with Crippen molar-refractivity contribution in [2.45, 2.75) is 0 Å². The maximum Gasteiger partial charge on any atom is 0.252 e. The molecule has 0 aliphatic carbocycles. The zero-order valence-corrected chi connectivity index (χ0v) is 8.95. The van der Waals surface area contributed by atoms with Crippen LogP contribution in [0, 0.1) is 17.1 Å². The van der Waals surface area contributed by atoms with Gasteiger partial charge in [-0.25, -0.2) is 24.0 Å². The fourth-order valence-electron chi connectivity index (χ4n) is 1.61. The van der Waals surface area contributed by atoms with Gasteiger partial charge >= 0.3 is 0 Å². The molecule has 3 rings (SSSR count). The van der Waals surface area contributed by atoms with Crippen LogP contribution >= 0.6 is 0 Å². The number of benzene rings is 1. The molecule has 0 saturated carbocycles. The highest BCUT2D eigenvalue weighted by atomic mass is 19.1. The number of nitrogens with zero attached hydrogens (tertiary/aromatic N) is 6. The van der Waals surface area contributed by atoms with Crippen LogP contribution in [-0.2, 0) is 0 Å². The molecule has 6 nitrogen and oxygen atoms in total. The summed E-state index contributed by atoms with van der Waals surface area (Å²) in [6, 6.07) is 6.01. The molecule has 2 heterocycles. The van der Waals surface area contributed by atoms with E-state index in [-0.39, 0.29) is 11.6 Å². The van der Waals surface area contributed by atoms with Crippen LogP contribution in [0.25, 0.3) is 16.7 Å². The first-order valence-electron chi connectivity index (χ1n) is 5.00. The van der Waals surface area contributed by atoms with Gasteiger partial charge in [-0.05, 0) is 18.2 Å². The second-order valence-corrected chi connectivity index (χ2v) is 3.48. The van der Waals surface area contributed by atoms with Gasteiger partial charge in [-0.3, -0.25) is 0 Å². The highest BCUT2D eigenvalue weighted by Crippen LogP contribution is 2.18. The van der Waals surface area contributed by atoms with Crippen LogP contribution in [0.1, 0.15) is 5.82 Å². The summed E-state index contributed by atoms with van der Waals surface area (Å²) < 4.78 is 14.6. The summed E-state index contributed by atoms with van der Waals surface area (Å²) in [5.74, 6) is 0.0193. The van der Waals surface area contributed by atoms with E-state index >= 15 is 0 Å². The third-order valence-corrected chi connectivity index (χ3v) is 2.39. The molecule has 0 unspecified atom stereocenters. The first-order valence-corrected chi connectivity index (χ1v) is 5.00. The number of rotatable bonds is 1. The van der Waals surface area contributed by atoms with Gasteiger partial charge in [0.05, 0.1) is 5.52 Å². The molecule has 1 aromatic carbocycles. The molecular formula is C11H5FN6. The van der Waals surface area contributed by atoms with E-state index in [1.165, 1.54) is 29.5 Å². The fraction of sp³-hybridized carbons (Fsp3) is 0. The second kappa shape index (κ2) is 3.85. The lowest BCUT2D eigenvalue weighted by molar-refractivity contribution is 0.629. The summed E-state index contributed by atoms with van der Waals surface area (Å²) in [4.78, 5) is 11.8. The van der Waals surface area contributed by atoms with Gasteiger partial charge in [0.25, 0.3) is 5.82 Å². The van der Waals surface area contributed by atoms with Crippen molar-refractivity contribution in [2.24, 2.45) is 0 Å². The van der Waals surface area contributed by atoms with Gasteiger partial charge in [0.1, 0.15) is 24.5 Å². The van der Waals surface area contributed by atoms with Crippen molar-refractivity contribution in [2.75, 3.05) is 0 Å². The van der Waals surface area contributed by atoms with Gasteiger partial charge in [0, 0.05) is 5.39 Å². The molecule has 0 radical (unpaired) electrons. The normalized spacial score (nSPS) is 10.4. The third-order valence-electron chi connectivity index (χ3n) is 2.39. The monoisotopic (exact) mass is 240 g/mol. The number of hydrogen-bond acceptors (Lipinski definition) is 5.